The highest BCUT2D eigenvalue weighted by atomic mass is 16.6. The zero-order chi connectivity index (χ0) is 13.1. The Morgan fingerprint density at radius 3 is 2.78 bits per heavy atom. The lowest BCUT2D eigenvalue weighted by atomic mass is 9.85. The highest BCUT2D eigenvalue weighted by molar-refractivity contribution is 5.61. The zero-order valence-corrected chi connectivity index (χ0v) is 10.5. The lowest BCUT2D eigenvalue weighted by Gasteiger charge is -2.32. The molecule has 0 amide bonds. The van der Waals surface area contributed by atoms with Crippen molar-refractivity contribution in [3.05, 3.63) is 22.2 Å². The number of nitrogens with two attached hydrogens (primary N) is 1. The molecule has 98 valence electrons. The topological polar surface area (TPSA) is 85.3 Å². The van der Waals surface area contributed by atoms with Crippen molar-refractivity contribution < 1.29 is 4.92 Å². The molecular weight excluding hydrogens is 232 g/mol. The maximum Gasteiger partial charge on any atom is 0.311 e. The van der Waals surface area contributed by atoms with Crippen LogP contribution in [0.3, 0.4) is 0 Å². The number of nitro groups is 1. The highest BCUT2D eigenvalue weighted by Gasteiger charge is 2.25. The third kappa shape index (κ3) is 2.52. The van der Waals surface area contributed by atoms with E-state index in [1.165, 1.54) is 31.4 Å². The number of anilines is 2. The van der Waals surface area contributed by atoms with E-state index in [1.54, 1.807) is 0 Å². The van der Waals surface area contributed by atoms with E-state index in [0.717, 1.165) is 6.54 Å². The molecule has 1 aromatic rings. The largest absolute Gasteiger partial charge is 0.384 e. The molecule has 1 aliphatic carbocycles. The van der Waals surface area contributed by atoms with Crippen LogP contribution in [0.1, 0.15) is 26.2 Å². The standard InChI is InChI=1S/C12H18N4O2/c1-2-15(8-9-4-3-5-9)12-10(16(17)18)6-7-11(13)14-12/h6-7,9H,2-5,8H2,1H3,(H2,13,14). The van der Waals surface area contributed by atoms with Gasteiger partial charge in [-0.2, -0.15) is 0 Å². The normalized spacial score (nSPS) is 15.2. The van der Waals surface area contributed by atoms with Crippen LogP contribution in [-0.2, 0) is 0 Å². The van der Waals surface area contributed by atoms with E-state index in [9.17, 15) is 10.1 Å². The molecule has 0 bridgehead atoms. The molecule has 1 heterocycles. The quantitative estimate of drug-likeness (QED) is 0.639. The number of nitrogen functional groups attached to an aromatic ring is 1. The molecule has 6 nitrogen and oxygen atoms in total. The zero-order valence-electron chi connectivity index (χ0n) is 10.5. The van der Waals surface area contributed by atoms with Gasteiger partial charge in [0.15, 0.2) is 0 Å². The van der Waals surface area contributed by atoms with Crippen LogP contribution < -0.4 is 10.6 Å². The minimum absolute atomic E-state index is 0.0328. The van der Waals surface area contributed by atoms with E-state index in [-0.39, 0.29) is 5.69 Å². The Labute approximate surface area is 106 Å². The first kappa shape index (κ1) is 12.6. The maximum atomic E-state index is 11.0. The van der Waals surface area contributed by atoms with Crippen LogP contribution in [0.15, 0.2) is 12.1 Å². The Balaban J connectivity index is 2.26. The van der Waals surface area contributed by atoms with Crippen molar-refractivity contribution in [1.82, 2.24) is 4.98 Å². The minimum atomic E-state index is -0.398. The Kier molecular flexibility index (Phi) is 3.64. The Bertz CT molecular complexity index is 446. The smallest absolute Gasteiger partial charge is 0.311 e. The average Bonchev–Trinajstić information content (AvgIpc) is 2.27. The fourth-order valence-corrected chi connectivity index (χ4v) is 2.18. The van der Waals surface area contributed by atoms with Crippen LogP contribution in [0.4, 0.5) is 17.3 Å². The van der Waals surface area contributed by atoms with Crippen molar-refractivity contribution in [1.29, 1.82) is 0 Å². The van der Waals surface area contributed by atoms with Gasteiger partial charge in [0.25, 0.3) is 0 Å². The van der Waals surface area contributed by atoms with Crippen molar-refractivity contribution in [2.75, 3.05) is 23.7 Å². The van der Waals surface area contributed by atoms with Gasteiger partial charge in [0.2, 0.25) is 5.82 Å². The van der Waals surface area contributed by atoms with Crippen LogP contribution >= 0.6 is 0 Å². The molecule has 1 fully saturated rings. The second-order valence-electron chi connectivity index (χ2n) is 4.67. The summed E-state index contributed by atoms with van der Waals surface area (Å²) < 4.78 is 0. The molecule has 0 unspecified atom stereocenters. The van der Waals surface area contributed by atoms with Gasteiger partial charge in [-0.3, -0.25) is 10.1 Å². The Morgan fingerprint density at radius 1 is 1.56 bits per heavy atom. The molecule has 2 N–H and O–H groups in total. The molecule has 0 atom stereocenters. The first-order valence-electron chi connectivity index (χ1n) is 6.27. The lowest BCUT2D eigenvalue weighted by Crippen LogP contribution is -2.33. The van der Waals surface area contributed by atoms with Crippen LogP contribution in [0.5, 0.6) is 0 Å². The molecule has 1 aliphatic rings. The summed E-state index contributed by atoms with van der Waals surface area (Å²) in [7, 11) is 0. The second kappa shape index (κ2) is 5.20. The van der Waals surface area contributed by atoms with Gasteiger partial charge in [-0.1, -0.05) is 6.42 Å². The number of pyridine rings is 1. The van der Waals surface area contributed by atoms with Crippen molar-refractivity contribution in [3.63, 3.8) is 0 Å². The molecule has 0 spiro atoms. The van der Waals surface area contributed by atoms with E-state index < -0.39 is 4.92 Å². The molecule has 0 aliphatic heterocycles. The number of aromatic nitrogens is 1. The molecule has 0 radical (unpaired) electrons. The van der Waals surface area contributed by atoms with Crippen LogP contribution in [-0.4, -0.2) is 23.0 Å². The molecule has 0 aromatic carbocycles. The molecule has 0 saturated heterocycles. The molecular formula is C12H18N4O2. The van der Waals surface area contributed by atoms with Gasteiger partial charge < -0.3 is 10.6 Å². The predicted octanol–water partition coefficient (Wildman–Crippen LogP) is 2.20. The summed E-state index contributed by atoms with van der Waals surface area (Å²) in [6, 6.07) is 2.90. The lowest BCUT2D eigenvalue weighted by molar-refractivity contribution is -0.384. The maximum absolute atomic E-state index is 11.0. The predicted molar refractivity (Wildman–Crippen MR) is 70.5 cm³/mol. The van der Waals surface area contributed by atoms with E-state index in [2.05, 4.69) is 4.98 Å². The monoisotopic (exact) mass is 250 g/mol. The first-order chi connectivity index (χ1) is 8.61. The summed E-state index contributed by atoms with van der Waals surface area (Å²) in [4.78, 5) is 16.7. The van der Waals surface area contributed by atoms with Crippen molar-refractivity contribution >= 4 is 17.3 Å². The average molecular weight is 250 g/mol. The van der Waals surface area contributed by atoms with Crippen molar-refractivity contribution in [3.8, 4) is 0 Å². The van der Waals surface area contributed by atoms with Gasteiger partial charge in [0.1, 0.15) is 5.82 Å². The van der Waals surface area contributed by atoms with Gasteiger partial charge in [0, 0.05) is 19.2 Å². The number of hydrogen-bond acceptors (Lipinski definition) is 5. The van der Waals surface area contributed by atoms with E-state index in [1.807, 2.05) is 11.8 Å². The highest BCUT2D eigenvalue weighted by Crippen LogP contribution is 2.32. The fraction of sp³-hybridized carbons (Fsp3) is 0.583. The molecule has 1 aromatic heterocycles. The van der Waals surface area contributed by atoms with Gasteiger partial charge >= 0.3 is 5.69 Å². The Hall–Kier alpha value is -1.85. The minimum Gasteiger partial charge on any atom is -0.384 e. The second-order valence-corrected chi connectivity index (χ2v) is 4.67. The summed E-state index contributed by atoms with van der Waals surface area (Å²) in [5, 5.41) is 11.0. The first-order valence-corrected chi connectivity index (χ1v) is 6.27. The van der Waals surface area contributed by atoms with Gasteiger partial charge in [0.05, 0.1) is 4.92 Å². The molecule has 6 heteroatoms. The SMILES string of the molecule is CCN(CC1CCC1)c1nc(N)ccc1[N+](=O)[O-]. The number of nitrogens with zero attached hydrogens (tertiary/aromatic N) is 3. The fourth-order valence-electron chi connectivity index (χ4n) is 2.18. The van der Waals surface area contributed by atoms with Crippen LogP contribution in [0.2, 0.25) is 0 Å². The molecule has 18 heavy (non-hydrogen) atoms. The summed E-state index contributed by atoms with van der Waals surface area (Å²) in [6.07, 6.45) is 3.66. The third-order valence-corrected chi connectivity index (χ3v) is 3.46. The summed E-state index contributed by atoms with van der Waals surface area (Å²) in [5.41, 5.74) is 5.67. The van der Waals surface area contributed by atoms with E-state index in [0.29, 0.717) is 24.1 Å². The van der Waals surface area contributed by atoms with Crippen molar-refractivity contribution in [2.24, 2.45) is 5.92 Å². The number of rotatable bonds is 5. The number of hydrogen-bond donors (Lipinski definition) is 1. The Morgan fingerprint density at radius 2 is 2.28 bits per heavy atom. The van der Waals surface area contributed by atoms with Crippen LogP contribution in [0, 0.1) is 16.0 Å². The summed E-state index contributed by atoms with van der Waals surface area (Å²) >= 11 is 0. The summed E-state index contributed by atoms with van der Waals surface area (Å²) in [5.74, 6) is 1.35. The van der Waals surface area contributed by atoms with E-state index >= 15 is 0 Å². The van der Waals surface area contributed by atoms with E-state index in [4.69, 9.17) is 5.73 Å². The summed E-state index contributed by atoms with van der Waals surface area (Å²) in [6.45, 7) is 3.51. The van der Waals surface area contributed by atoms with Gasteiger partial charge in [-0.25, -0.2) is 4.98 Å². The van der Waals surface area contributed by atoms with Crippen LogP contribution in [0.25, 0.3) is 0 Å². The molecule has 1 saturated carbocycles. The van der Waals surface area contributed by atoms with Gasteiger partial charge in [-0.15, -0.1) is 0 Å². The molecule has 2 rings (SSSR count). The van der Waals surface area contributed by atoms with Crippen molar-refractivity contribution in [2.45, 2.75) is 26.2 Å². The van der Waals surface area contributed by atoms with Gasteiger partial charge in [-0.05, 0) is 31.7 Å². The third-order valence-electron chi connectivity index (χ3n) is 3.46.